The van der Waals surface area contributed by atoms with E-state index in [4.69, 9.17) is 0 Å². The summed E-state index contributed by atoms with van der Waals surface area (Å²) < 4.78 is 0. The fourth-order valence-electron chi connectivity index (χ4n) is 2.53. The van der Waals surface area contributed by atoms with Crippen LogP contribution in [0, 0.1) is 6.92 Å². The van der Waals surface area contributed by atoms with E-state index in [2.05, 4.69) is 5.32 Å². The predicted molar refractivity (Wildman–Crippen MR) is 78.1 cm³/mol. The zero-order valence-corrected chi connectivity index (χ0v) is 12.2. The zero-order valence-electron chi connectivity index (χ0n) is 12.2. The minimum absolute atomic E-state index is 0.0240. The molecule has 2 rings (SSSR count). The van der Waals surface area contributed by atoms with Crippen LogP contribution in [0.1, 0.15) is 37.3 Å². The molecule has 20 heavy (non-hydrogen) atoms. The first-order valence-corrected chi connectivity index (χ1v) is 7.24. The Morgan fingerprint density at radius 2 is 2.05 bits per heavy atom. The molecule has 1 aromatic rings. The second-order valence-corrected chi connectivity index (χ2v) is 5.35. The number of aryl methyl sites for hydroxylation is 1. The van der Waals surface area contributed by atoms with Gasteiger partial charge in [0.1, 0.15) is 6.04 Å². The maximum absolute atomic E-state index is 12.5. The highest BCUT2D eigenvalue weighted by atomic mass is 16.2. The van der Waals surface area contributed by atoms with Gasteiger partial charge in [-0.1, -0.05) is 37.6 Å². The van der Waals surface area contributed by atoms with Crippen LogP contribution in [0.2, 0.25) is 0 Å². The molecular weight excluding hydrogens is 252 g/mol. The number of benzene rings is 1. The predicted octanol–water partition coefficient (Wildman–Crippen LogP) is 2.01. The van der Waals surface area contributed by atoms with Crippen molar-refractivity contribution < 1.29 is 9.59 Å². The summed E-state index contributed by atoms with van der Waals surface area (Å²) in [6.45, 7) is 5.15. The molecule has 0 spiro atoms. The fraction of sp³-hybridized carbons (Fsp3) is 0.500. The number of amides is 2. The first kappa shape index (κ1) is 14.6. The van der Waals surface area contributed by atoms with Crippen LogP contribution in [0.15, 0.2) is 24.3 Å². The maximum Gasteiger partial charge on any atom is 0.245 e. The van der Waals surface area contributed by atoms with Crippen LogP contribution in [-0.4, -0.2) is 29.3 Å². The van der Waals surface area contributed by atoms with Gasteiger partial charge in [0.15, 0.2) is 0 Å². The molecule has 1 fully saturated rings. The molecule has 0 radical (unpaired) electrons. The molecule has 0 saturated carbocycles. The van der Waals surface area contributed by atoms with Gasteiger partial charge < -0.3 is 10.2 Å². The number of hydrogen-bond donors (Lipinski definition) is 1. The Morgan fingerprint density at radius 1 is 1.30 bits per heavy atom. The SMILES string of the molecule is CCCC1NC(=O)CCN(Cc2ccccc2C)C1=O. The van der Waals surface area contributed by atoms with E-state index < -0.39 is 0 Å². The molecule has 1 N–H and O–H groups in total. The van der Waals surface area contributed by atoms with Crippen molar-refractivity contribution in [3.8, 4) is 0 Å². The first-order chi connectivity index (χ1) is 9.61. The summed E-state index contributed by atoms with van der Waals surface area (Å²) in [5, 5.41) is 2.83. The van der Waals surface area contributed by atoms with Gasteiger partial charge in [-0.3, -0.25) is 9.59 Å². The molecule has 4 heteroatoms. The highest BCUT2D eigenvalue weighted by molar-refractivity contribution is 5.89. The lowest BCUT2D eigenvalue weighted by Gasteiger charge is -2.24. The molecule has 4 nitrogen and oxygen atoms in total. The fourth-order valence-corrected chi connectivity index (χ4v) is 2.53. The van der Waals surface area contributed by atoms with E-state index in [1.807, 2.05) is 38.1 Å². The number of carbonyl (C=O) groups is 2. The van der Waals surface area contributed by atoms with Crippen LogP contribution in [0.4, 0.5) is 0 Å². The van der Waals surface area contributed by atoms with Crippen molar-refractivity contribution in [3.05, 3.63) is 35.4 Å². The quantitative estimate of drug-likeness (QED) is 0.913. The van der Waals surface area contributed by atoms with Crippen LogP contribution in [0.5, 0.6) is 0 Å². The van der Waals surface area contributed by atoms with Crippen molar-refractivity contribution in [2.75, 3.05) is 6.54 Å². The van der Waals surface area contributed by atoms with Gasteiger partial charge in [-0.25, -0.2) is 0 Å². The summed E-state index contributed by atoms with van der Waals surface area (Å²) in [7, 11) is 0. The minimum Gasteiger partial charge on any atom is -0.344 e. The molecule has 1 saturated heterocycles. The summed E-state index contributed by atoms with van der Waals surface area (Å²) in [4.78, 5) is 26.0. The third kappa shape index (κ3) is 3.38. The van der Waals surface area contributed by atoms with Crippen LogP contribution in [0.3, 0.4) is 0 Å². The van der Waals surface area contributed by atoms with Crippen LogP contribution in [-0.2, 0) is 16.1 Å². The van der Waals surface area contributed by atoms with E-state index in [0.29, 0.717) is 25.9 Å². The van der Waals surface area contributed by atoms with Crippen LogP contribution < -0.4 is 5.32 Å². The van der Waals surface area contributed by atoms with Crippen molar-refractivity contribution in [1.82, 2.24) is 10.2 Å². The monoisotopic (exact) mass is 274 g/mol. The van der Waals surface area contributed by atoms with Crippen molar-refractivity contribution in [2.24, 2.45) is 0 Å². The normalized spacial score (nSPS) is 19.7. The van der Waals surface area contributed by atoms with Gasteiger partial charge in [0, 0.05) is 19.5 Å². The van der Waals surface area contributed by atoms with E-state index in [9.17, 15) is 9.59 Å². The van der Waals surface area contributed by atoms with E-state index >= 15 is 0 Å². The lowest BCUT2D eigenvalue weighted by Crippen LogP contribution is -2.44. The Balaban J connectivity index is 2.15. The average Bonchev–Trinajstić information content (AvgIpc) is 2.55. The van der Waals surface area contributed by atoms with E-state index in [1.54, 1.807) is 4.90 Å². The number of carbonyl (C=O) groups excluding carboxylic acids is 2. The summed E-state index contributed by atoms with van der Waals surface area (Å²) in [5.74, 6) is 0.0186. The first-order valence-electron chi connectivity index (χ1n) is 7.24. The van der Waals surface area contributed by atoms with Gasteiger partial charge in [0.05, 0.1) is 0 Å². The van der Waals surface area contributed by atoms with Crippen LogP contribution in [0.25, 0.3) is 0 Å². The minimum atomic E-state index is -0.362. The zero-order chi connectivity index (χ0) is 14.5. The standard InChI is InChI=1S/C16H22N2O2/c1-3-6-14-16(20)18(10-9-15(19)17-14)11-13-8-5-4-7-12(13)2/h4-5,7-8,14H,3,6,9-11H2,1-2H3,(H,17,19). The molecule has 1 aliphatic heterocycles. The molecule has 0 bridgehead atoms. The summed E-state index contributed by atoms with van der Waals surface area (Å²) >= 11 is 0. The van der Waals surface area contributed by atoms with Crippen molar-refractivity contribution in [2.45, 2.75) is 45.7 Å². The Kier molecular flexibility index (Phi) is 4.77. The van der Waals surface area contributed by atoms with E-state index in [-0.39, 0.29) is 17.9 Å². The molecule has 1 aliphatic rings. The highest BCUT2D eigenvalue weighted by Crippen LogP contribution is 2.15. The maximum atomic E-state index is 12.5. The largest absolute Gasteiger partial charge is 0.344 e. The summed E-state index contributed by atoms with van der Waals surface area (Å²) in [6, 6.07) is 7.70. The Labute approximate surface area is 120 Å². The number of hydrogen-bond acceptors (Lipinski definition) is 2. The Hall–Kier alpha value is -1.84. The van der Waals surface area contributed by atoms with Gasteiger partial charge in [0.25, 0.3) is 0 Å². The lowest BCUT2D eigenvalue weighted by atomic mass is 10.1. The van der Waals surface area contributed by atoms with Gasteiger partial charge in [-0.2, -0.15) is 0 Å². The summed E-state index contributed by atoms with van der Waals surface area (Å²) in [6.07, 6.45) is 1.97. The van der Waals surface area contributed by atoms with Crippen molar-refractivity contribution >= 4 is 11.8 Å². The third-order valence-corrected chi connectivity index (χ3v) is 3.75. The van der Waals surface area contributed by atoms with Gasteiger partial charge >= 0.3 is 0 Å². The molecule has 1 aromatic carbocycles. The third-order valence-electron chi connectivity index (χ3n) is 3.75. The highest BCUT2D eigenvalue weighted by Gasteiger charge is 2.29. The second-order valence-electron chi connectivity index (χ2n) is 5.35. The van der Waals surface area contributed by atoms with E-state index in [1.165, 1.54) is 5.56 Å². The van der Waals surface area contributed by atoms with Gasteiger partial charge in [-0.05, 0) is 24.5 Å². The molecule has 1 atom stereocenters. The lowest BCUT2D eigenvalue weighted by molar-refractivity contribution is -0.134. The smallest absolute Gasteiger partial charge is 0.245 e. The molecule has 0 aliphatic carbocycles. The van der Waals surface area contributed by atoms with Crippen molar-refractivity contribution in [3.63, 3.8) is 0 Å². The molecule has 1 heterocycles. The van der Waals surface area contributed by atoms with Crippen LogP contribution >= 0.6 is 0 Å². The molecule has 0 aromatic heterocycles. The second kappa shape index (κ2) is 6.55. The molecular formula is C16H22N2O2. The number of nitrogens with zero attached hydrogens (tertiary/aromatic N) is 1. The van der Waals surface area contributed by atoms with Gasteiger partial charge in [0.2, 0.25) is 11.8 Å². The number of rotatable bonds is 4. The Bertz CT molecular complexity index is 499. The van der Waals surface area contributed by atoms with Crippen molar-refractivity contribution in [1.29, 1.82) is 0 Å². The molecule has 2 amide bonds. The molecule has 108 valence electrons. The molecule has 1 unspecified atom stereocenters. The Morgan fingerprint density at radius 3 is 2.75 bits per heavy atom. The number of nitrogens with one attached hydrogen (secondary N) is 1. The topological polar surface area (TPSA) is 49.4 Å². The average molecular weight is 274 g/mol. The van der Waals surface area contributed by atoms with Gasteiger partial charge in [-0.15, -0.1) is 0 Å². The van der Waals surface area contributed by atoms with E-state index in [0.717, 1.165) is 12.0 Å². The summed E-state index contributed by atoms with van der Waals surface area (Å²) in [5.41, 5.74) is 2.32.